The van der Waals surface area contributed by atoms with Gasteiger partial charge < -0.3 is 20.1 Å². The van der Waals surface area contributed by atoms with Crippen LogP contribution in [0.25, 0.3) is 0 Å². The number of alkyl carbamates (subject to hydrolysis) is 1. The number of carbonyl (C=O) groups excluding carboxylic acids is 2. The second-order valence-electron chi connectivity index (χ2n) is 7.11. The Kier molecular flexibility index (Phi) is 6.82. The molecule has 144 valence electrons. The molecule has 2 N–H and O–H groups in total. The zero-order chi connectivity index (χ0) is 19.9. The molecule has 0 bridgehead atoms. The van der Waals surface area contributed by atoms with Gasteiger partial charge >= 0.3 is 6.09 Å². The molecule has 2 aromatic rings. The summed E-state index contributed by atoms with van der Waals surface area (Å²) < 4.78 is 10.4. The van der Waals surface area contributed by atoms with Crippen molar-refractivity contribution in [3.05, 3.63) is 60.2 Å². The highest BCUT2D eigenvalue weighted by atomic mass is 16.6. The first-order chi connectivity index (χ1) is 12.8. The summed E-state index contributed by atoms with van der Waals surface area (Å²) in [4.78, 5) is 24.9. The van der Waals surface area contributed by atoms with Crippen molar-refractivity contribution in [2.24, 2.45) is 0 Å². The highest BCUT2D eigenvalue weighted by molar-refractivity contribution is 5.96. The topological polar surface area (TPSA) is 76.7 Å². The molecule has 6 heteroatoms. The molecule has 0 spiro atoms. The third-order valence-electron chi connectivity index (χ3n) is 3.65. The third-order valence-corrected chi connectivity index (χ3v) is 3.65. The summed E-state index contributed by atoms with van der Waals surface area (Å²) in [7, 11) is 1.58. The molecular formula is C21H26N2O4. The van der Waals surface area contributed by atoms with Crippen LogP contribution in [-0.4, -0.2) is 30.8 Å². The number of carbonyl (C=O) groups is 2. The minimum Gasteiger partial charge on any atom is -0.497 e. The van der Waals surface area contributed by atoms with E-state index >= 15 is 0 Å². The van der Waals surface area contributed by atoms with Crippen LogP contribution in [0.1, 0.15) is 26.3 Å². The van der Waals surface area contributed by atoms with Crippen molar-refractivity contribution in [2.45, 2.75) is 38.8 Å². The Balaban J connectivity index is 2.11. The first-order valence-corrected chi connectivity index (χ1v) is 8.75. The summed E-state index contributed by atoms with van der Waals surface area (Å²) in [6, 6.07) is 15.7. The molecule has 2 aromatic carbocycles. The van der Waals surface area contributed by atoms with E-state index in [1.807, 2.05) is 30.3 Å². The van der Waals surface area contributed by atoms with Crippen LogP contribution in [0.4, 0.5) is 10.5 Å². The maximum absolute atomic E-state index is 12.8. The fourth-order valence-electron chi connectivity index (χ4n) is 2.41. The van der Waals surface area contributed by atoms with Crippen LogP contribution >= 0.6 is 0 Å². The van der Waals surface area contributed by atoms with Crippen molar-refractivity contribution in [3.8, 4) is 5.75 Å². The fraction of sp³-hybridized carbons (Fsp3) is 0.333. The third kappa shape index (κ3) is 7.01. The van der Waals surface area contributed by atoms with E-state index in [2.05, 4.69) is 10.6 Å². The number of methoxy groups -OCH3 is 1. The first kappa shape index (κ1) is 20.3. The number of nitrogens with one attached hydrogen (secondary N) is 2. The van der Waals surface area contributed by atoms with Gasteiger partial charge in [-0.25, -0.2) is 4.79 Å². The molecule has 1 atom stereocenters. The lowest BCUT2D eigenvalue weighted by Gasteiger charge is -2.23. The average molecular weight is 370 g/mol. The van der Waals surface area contributed by atoms with Crippen LogP contribution in [0.5, 0.6) is 5.75 Å². The predicted molar refractivity (Wildman–Crippen MR) is 105 cm³/mol. The van der Waals surface area contributed by atoms with E-state index in [1.54, 1.807) is 52.1 Å². The van der Waals surface area contributed by atoms with Crippen molar-refractivity contribution in [1.82, 2.24) is 5.32 Å². The van der Waals surface area contributed by atoms with Gasteiger partial charge in [0.25, 0.3) is 0 Å². The molecule has 0 radical (unpaired) electrons. The number of anilines is 1. The normalized spacial score (nSPS) is 12.0. The van der Waals surface area contributed by atoms with Gasteiger partial charge in [-0.05, 0) is 50.6 Å². The summed E-state index contributed by atoms with van der Waals surface area (Å²) in [5, 5.41) is 5.48. The second kappa shape index (κ2) is 9.07. The van der Waals surface area contributed by atoms with E-state index in [9.17, 15) is 9.59 Å². The monoisotopic (exact) mass is 370 g/mol. The Morgan fingerprint density at radius 3 is 2.19 bits per heavy atom. The highest BCUT2D eigenvalue weighted by Crippen LogP contribution is 2.16. The number of hydrogen-bond donors (Lipinski definition) is 2. The van der Waals surface area contributed by atoms with Crippen LogP contribution in [0.15, 0.2) is 54.6 Å². The lowest BCUT2D eigenvalue weighted by Crippen LogP contribution is -2.47. The molecular weight excluding hydrogens is 344 g/mol. The number of rotatable bonds is 6. The number of ether oxygens (including phenoxy) is 2. The van der Waals surface area contributed by atoms with Crippen molar-refractivity contribution in [3.63, 3.8) is 0 Å². The van der Waals surface area contributed by atoms with Crippen LogP contribution in [0, 0.1) is 0 Å². The van der Waals surface area contributed by atoms with Gasteiger partial charge in [0.2, 0.25) is 5.91 Å². The molecule has 27 heavy (non-hydrogen) atoms. The summed E-state index contributed by atoms with van der Waals surface area (Å²) in [6.45, 7) is 5.32. The summed E-state index contributed by atoms with van der Waals surface area (Å²) in [6.07, 6.45) is -0.282. The molecule has 0 aliphatic heterocycles. The van der Waals surface area contributed by atoms with Gasteiger partial charge in [0.05, 0.1) is 7.11 Å². The summed E-state index contributed by atoms with van der Waals surface area (Å²) in [5.41, 5.74) is 0.904. The van der Waals surface area contributed by atoms with Gasteiger partial charge in [-0.3, -0.25) is 4.79 Å². The molecule has 0 aliphatic carbocycles. The standard InChI is InChI=1S/C21H26N2O4/c1-21(2,3)27-20(25)23-18(14-15-8-6-5-7-9-15)19(24)22-16-10-12-17(26-4)13-11-16/h5-13,18H,14H2,1-4H3,(H,22,24)(H,23,25). The highest BCUT2D eigenvalue weighted by Gasteiger charge is 2.24. The predicted octanol–water partition coefficient (Wildman–Crippen LogP) is 3.77. The van der Waals surface area contributed by atoms with Crippen molar-refractivity contribution in [2.75, 3.05) is 12.4 Å². The van der Waals surface area contributed by atoms with Crippen LogP contribution in [0.2, 0.25) is 0 Å². The van der Waals surface area contributed by atoms with Gasteiger partial charge in [0.15, 0.2) is 0 Å². The van der Waals surface area contributed by atoms with Crippen molar-refractivity contribution >= 4 is 17.7 Å². The lowest BCUT2D eigenvalue weighted by molar-refractivity contribution is -0.118. The quantitative estimate of drug-likeness (QED) is 0.811. The molecule has 0 saturated heterocycles. The minimum atomic E-state index is -0.774. The Hall–Kier alpha value is -3.02. The van der Waals surface area contributed by atoms with Crippen molar-refractivity contribution < 1.29 is 19.1 Å². The Morgan fingerprint density at radius 2 is 1.63 bits per heavy atom. The largest absolute Gasteiger partial charge is 0.497 e. The minimum absolute atomic E-state index is 0.324. The average Bonchev–Trinajstić information content (AvgIpc) is 2.61. The van der Waals surface area contributed by atoms with Gasteiger partial charge in [-0.2, -0.15) is 0 Å². The number of benzene rings is 2. The van der Waals surface area contributed by atoms with Gasteiger partial charge in [0.1, 0.15) is 17.4 Å². The SMILES string of the molecule is COc1ccc(NC(=O)C(Cc2ccccc2)NC(=O)OC(C)(C)C)cc1. The number of hydrogen-bond acceptors (Lipinski definition) is 4. The zero-order valence-corrected chi connectivity index (χ0v) is 16.1. The summed E-state index contributed by atoms with van der Waals surface area (Å²) >= 11 is 0. The molecule has 0 aliphatic rings. The molecule has 0 aromatic heterocycles. The Labute approximate surface area is 159 Å². The first-order valence-electron chi connectivity index (χ1n) is 8.75. The van der Waals surface area contributed by atoms with Crippen molar-refractivity contribution in [1.29, 1.82) is 0 Å². The molecule has 0 heterocycles. The number of amides is 2. The zero-order valence-electron chi connectivity index (χ0n) is 16.1. The van der Waals surface area contributed by atoms with Gasteiger partial charge in [0, 0.05) is 12.1 Å². The van der Waals surface area contributed by atoms with E-state index in [4.69, 9.17) is 9.47 Å². The smallest absolute Gasteiger partial charge is 0.408 e. The van der Waals surface area contributed by atoms with Gasteiger partial charge in [-0.1, -0.05) is 30.3 Å². The molecule has 1 unspecified atom stereocenters. The Bertz CT molecular complexity index is 752. The van der Waals surface area contributed by atoms with E-state index in [0.29, 0.717) is 17.9 Å². The van der Waals surface area contributed by atoms with Crippen LogP contribution < -0.4 is 15.4 Å². The van der Waals surface area contributed by atoms with E-state index in [1.165, 1.54) is 0 Å². The molecule has 6 nitrogen and oxygen atoms in total. The van der Waals surface area contributed by atoms with Crippen LogP contribution in [-0.2, 0) is 16.0 Å². The summed E-state index contributed by atoms with van der Waals surface area (Å²) in [5.74, 6) is 0.371. The molecule has 2 amide bonds. The van der Waals surface area contributed by atoms with E-state index in [-0.39, 0.29) is 5.91 Å². The second-order valence-corrected chi connectivity index (χ2v) is 7.11. The fourth-order valence-corrected chi connectivity index (χ4v) is 2.41. The lowest BCUT2D eigenvalue weighted by atomic mass is 10.1. The van der Waals surface area contributed by atoms with E-state index < -0.39 is 17.7 Å². The molecule has 2 rings (SSSR count). The molecule has 0 saturated carbocycles. The maximum Gasteiger partial charge on any atom is 0.408 e. The Morgan fingerprint density at radius 1 is 1.00 bits per heavy atom. The van der Waals surface area contributed by atoms with E-state index in [0.717, 1.165) is 5.56 Å². The molecule has 0 fully saturated rings. The maximum atomic E-state index is 12.8. The van der Waals surface area contributed by atoms with Gasteiger partial charge in [-0.15, -0.1) is 0 Å². The van der Waals surface area contributed by atoms with Crippen LogP contribution in [0.3, 0.4) is 0 Å².